The van der Waals surface area contributed by atoms with Crippen LogP contribution in [0.1, 0.15) is 30.4 Å². The van der Waals surface area contributed by atoms with Crippen LogP contribution in [0.3, 0.4) is 0 Å². The first-order valence-electron chi connectivity index (χ1n) is 9.21. The standard InChI is InChI=1S/C19H28F3N3O2/c1-23-18(24-9-2-10-26-12-16-7-8-16)25-11-15-3-5-17(6-4-15)13-27-14-19(20,21)22/h3-6,16H,2,7-14H2,1H3,(H2,23,24,25). The minimum Gasteiger partial charge on any atom is -0.381 e. The van der Waals surface area contributed by atoms with Crippen LogP contribution < -0.4 is 10.6 Å². The van der Waals surface area contributed by atoms with Crippen molar-refractivity contribution in [1.29, 1.82) is 0 Å². The molecule has 2 rings (SSSR count). The Morgan fingerprint density at radius 1 is 1.11 bits per heavy atom. The normalized spacial score (nSPS) is 15.0. The Hall–Kier alpha value is -1.80. The van der Waals surface area contributed by atoms with E-state index in [0.29, 0.717) is 18.1 Å². The van der Waals surface area contributed by atoms with Gasteiger partial charge in [-0.1, -0.05) is 24.3 Å². The summed E-state index contributed by atoms with van der Waals surface area (Å²) in [5, 5.41) is 6.43. The maximum absolute atomic E-state index is 12.1. The molecule has 0 heterocycles. The summed E-state index contributed by atoms with van der Waals surface area (Å²) in [7, 11) is 1.71. The van der Waals surface area contributed by atoms with Crippen molar-refractivity contribution < 1.29 is 22.6 Å². The molecule has 1 aromatic carbocycles. The second-order valence-electron chi connectivity index (χ2n) is 6.65. The first-order chi connectivity index (χ1) is 13.0. The fourth-order valence-corrected chi connectivity index (χ4v) is 2.36. The molecule has 1 aliphatic carbocycles. The Morgan fingerprint density at radius 2 is 1.81 bits per heavy atom. The molecule has 1 aromatic rings. The molecular formula is C19H28F3N3O2. The first-order valence-corrected chi connectivity index (χ1v) is 9.21. The summed E-state index contributed by atoms with van der Waals surface area (Å²) in [6.45, 7) is 1.69. The first kappa shape index (κ1) is 21.5. The lowest BCUT2D eigenvalue weighted by molar-refractivity contribution is -0.176. The SMILES string of the molecule is CN=C(NCCCOCC1CC1)NCc1ccc(COCC(F)(F)F)cc1. The number of halogens is 3. The molecular weight excluding hydrogens is 359 g/mol. The Morgan fingerprint density at radius 3 is 2.44 bits per heavy atom. The van der Waals surface area contributed by atoms with E-state index in [1.165, 1.54) is 12.8 Å². The van der Waals surface area contributed by atoms with Gasteiger partial charge < -0.3 is 20.1 Å². The van der Waals surface area contributed by atoms with Gasteiger partial charge in [0, 0.05) is 33.4 Å². The Balaban J connectivity index is 1.59. The maximum atomic E-state index is 12.1. The van der Waals surface area contributed by atoms with Crippen molar-refractivity contribution in [3.8, 4) is 0 Å². The molecule has 0 amide bonds. The van der Waals surface area contributed by atoms with Crippen LogP contribution >= 0.6 is 0 Å². The summed E-state index contributed by atoms with van der Waals surface area (Å²) in [4.78, 5) is 4.17. The van der Waals surface area contributed by atoms with Crippen molar-refractivity contribution in [2.45, 2.75) is 38.6 Å². The van der Waals surface area contributed by atoms with Crippen LogP contribution in [-0.2, 0) is 22.6 Å². The van der Waals surface area contributed by atoms with E-state index in [0.717, 1.165) is 37.7 Å². The lowest BCUT2D eigenvalue weighted by Gasteiger charge is -2.12. The van der Waals surface area contributed by atoms with Gasteiger partial charge in [0.2, 0.25) is 0 Å². The zero-order chi connectivity index (χ0) is 19.5. The van der Waals surface area contributed by atoms with E-state index in [1.807, 2.05) is 12.1 Å². The fourth-order valence-electron chi connectivity index (χ4n) is 2.36. The Bertz CT molecular complexity index is 573. The number of hydrogen-bond acceptors (Lipinski definition) is 3. The summed E-state index contributed by atoms with van der Waals surface area (Å²) in [5.74, 6) is 1.49. The van der Waals surface area contributed by atoms with E-state index in [-0.39, 0.29) is 6.61 Å². The zero-order valence-corrected chi connectivity index (χ0v) is 15.6. The van der Waals surface area contributed by atoms with Gasteiger partial charge >= 0.3 is 6.18 Å². The highest BCUT2D eigenvalue weighted by Gasteiger charge is 2.27. The molecule has 0 aromatic heterocycles. The number of benzene rings is 1. The summed E-state index contributed by atoms with van der Waals surface area (Å²) in [6, 6.07) is 7.25. The van der Waals surface area contributed by atoms with Crippen molar-refractivity contribution in [3.05, 3.63) is 35.4 Å². The second-order valence-corrected chi connectivity index (χ2v) is 6.65. The number of rotatable bonds is 11. The molecule has 1 aliphatic rings. The van der Waals surface area contributed by atoms with Gasteiger partial charge in [0.1, 0.15) is 6.61 Å². The monoisotopic (exact) mass is 387 g/mol. The number of guanidine groups is 1. The van der Waals surface area contributed by atoms with Gasteiger partial charge in [-0.25, -0.2) is 0 Å². The maximum Gasteiger partial charge on any atom is 0.411 e. The van der Waals surface area contributed by atoms with E-state index in [1.54, 1.807) is 19.2 Å². The summed E-state index contributed by atoms with van der Waals surface area (Å²) >= 11 is 0. The topological polar surface area (TPSA) is 54.9 Å². The molecule has 8 heteroatoms. The highest BCUT2D eigenvalue weighted by atomic mass is 19.4. The number of nitrogens with one attached hydrogen (secondary N) is 2. The summed E-state index contributed by atoms with van der Waals surface area (Å²) in [6.07, 6.45) is -0.775. The van der Waals surface area contributed by atoms with Gasteiger partial charge in [-0.3, -0.25) is 4.99 Å². The molecule has 152 valence electrons. The van der Waals surface area contributed by atoms with Crippen LogP contribution in [0.4, 0.5) is 13.2 Å². The van der Waals surface area contributed by atoms with E-state index in [4.69, 9.17) is 4.74 Å². The Labute approximate surface area is 158 Å². The zero-order valence-electron chi connectivity index (χ0n) is 15.6. The van der Waals surface area contributed by atoms with Crippen molar-refractivity contribution in [3.63, 3.8) is 0 Å². The molecule has 1 fully saturated rings. The third kappa shape index (κ3) is 10.2. The van der Waals surface area contributed by atoms with E-state index >= 15 is 0 Å². The number of nitrogens with zero attached hydrogens (tertiary/aromatic N) is 1. The van der Waals surface area contributed by atoms with Crippen molar-refractivity contribution in [1.82, 2.24) is 10.6 Å². The predicted molar refractivity (Wildman–Crippen MR) is 98.5 cm³/mol. The smallest absolute Gasteiger partial charge is 0.381 e. The van der Waals surface area contributed by atoms with Crippen LogP contribution in [-0.4, -0.2) is 45.5 Å². The van der Waals surface area contributed by atoms with Gasteiger partial charge in [0.25, 0.3) is 0 Å². The molecule has 0 aliphatic heterocycles. The van der Waals surface area contributed by atoms with Gasteiger partial charge in [-0.2, -0.15) is 13.2 Å². The highest BCUT2D eigenvalue weighted by molar-refractivity contribution is 5.79. The average molecular weight is 387 g/mol. The fraction of sp³-hybridized carbons (Fsp3) is 0.632. The molecule has 0 saturated heterocycles. The van der Waals surface area contributed by atoms with Crippen LogP contribution in [0.5, 0.6) is 0 Å². The predicted octanol–water partition coefficient (Wildman–Crippen LogP) is 3.25. The minimum atomic E-state index is -4.30. The largest absolute Gasteiger partial charge is 0.411 e. The van der Waals surface area contributed by atoms with Crippen LogP contribution in [0, 0.1) is 5.92 Å². The van der Waals surface area contributed by atoms with Crippen molar-refractivity contribution >= 4 is 5.96 Å². The summed E-state index contributed by atoms with van der Waals surface area (Å²) in [5.41, 5.74) is 1.71. The molecule has 5 nitrogen and oxygen atoms in total. The third-order valence-electron chi connectivity index (χ3n) is 4.05. The van der Waals surface area contributed by atoms with Crippen molar-refractivity contribution in [2.24, 2.45) is 10.9 Å². The van der Waals surface area contributed by atoms with Crippen LogP contribution in [0.15, 0.2) is 29.3 Å². The molecule has 1 saturated carbocycles. The lowest BCUT2D eigenvalue weighted by Crippen LogP contribution is -2.37. The van der Waals surface area contributed by atoms with E-state index in [2.05, 4.69) is 20.4 Å². The minimum absolute atomic E-state index is 0.0563. The molecule has 0 radical (unpaired) electrons. The van der Waals surface area contributed by atoms with Crippen LogP contribution in [0.2, 0.25) is 0 Å². The number of alkyl halides is 3. The molecule has 0 bridgehead atoms. The number of aliphatic imine (C=N–C) groups is 1. The Kier molecular flexibility index (Phi) is 8.87. The highest BCUT2D eigenvalue weighted by Crippen LogP contribution is 2.28. The van der Waals surface area contributed by atoms with Gasteiger partial charge in [-0.15, -0.1) is 0 Å². The molecule has 0 atom stereocenters. The lowest BCUT2D eigenvalue weighted by atomic mass is 10.1. The summed E-state index contributed by atoms with van der Waals surface area (Å²) < 4.78 is 46.4. The number of ether oxygens (including phenoxy) is 2. The van der Waals surface area contributed by atoms with Gasteiger partial charge in [0.05, 0.1) is 6.61 Å². The molecule has 2 N–H and O–H groups in total. The average Bonchev–Trinajstić information content (AvgIpc) is 3.45. The molecule has 0 spiro atoms. The van der Waals surface area contributed by atoms with Gasteiger partial charge in [0.15, 0.2) is 5.96 Å². The second kappa shape index (κ2) is 11.1. The third-order valence-corrected chi connectivity index (χ3v) is 4.05. The van der Waals surface area contributed by atoms with E-state index < -0.39 is 12.8 Å². The molecule has 27 heavy (non-hydrogen) atoms. The van der Waals surface area contributed by atoms with Gasteiger partial charge in [-0.05, 0) is 36.3 Å². The van der Waals surface area contributed by atoms with E-state index in [9.17, 15) is 13.2 Å². The molecule has 0 unspecified atom stereocenters. The number of hydrogen-bond donors (Lipinski definition) is 2. The van der Waals surface area contributed by atoms with Crippen LogP contribution in [0.25, 0.3) is 0 Å². The van der Waals surface area contributed by atoms with Crippen molar-refractivity contribution in [2.75, 3.05) is 33.4 Å². The quantitative estimate of drug-likeness (QED) is 0.348.